The first-order valence-electron chi connectivity index (χ1n) is 6.37. The van der Waals surface area contributed by atoms with Crippen LogP contribution in [0.25, 0.3) is 17.2 Å². The minimum absolute atomic E-state index is 0.894. The van der Waals surface area contributed by atoms with Crippen LogP contribution in [0.4, 0.5) is 0 Å². The molecule has 2 aromatic rings. The van der Waals surface area contributed by atoms with Gasteiger partial charge in [0.15, 0.2) is 0 Å². The van der Waals surface area contributed by atoms with Gasteiger partial charge < -0.3 is 0 Å². The Balaban J connectivity index is 2.54. The van der Waals surface area contributed by atoms with Crippen LogP contribution >= 0.6 is 11.8 Å². The van der Waals surface area contributed by atoms with Gasteiger partial charge in [0.1, 0.15) is 0 Å². The fourth-order valence-corrected chi connectivity index (χ4v) is 3.56. The Morgan fingerprint density at radius 3 is 2.55 bits per heavy atom. The van der Waals surface area contributed by atoms with E-state index in [9.17, 15) is 4.21 Å². The Morgan fingerprint density at radius 1 is 1.15 bits per heavy atom. The monoisotopic (exact) mass is 302 g/mol. The SMILES string of the molecule is CS/C(=C/c1ccccc1-c1cccc(C)c1)S(C)=O. The number of benzene rings is 2. The van der Waals surface area contributed by atoms with E-state index in [2.05, 4.69) is 43.3 Å². The molecule has 1 unspecified atom stereocenters. The average Bonchev–Trinajstić information content (AvgIpc) is 2.44. The summed E-state index contributed by atoms with van der Waals surface area (Å²) >= 11 is 1.54. The molecule has 2 rings (SSSR count). The van der Waals surface area contributed by atoms with Crippen molar-refractivity contribution in [2.45, 2.75) is 6.92 Å². The summed E-state index contributed by atoms with van der Waals surface area (Å²) in [6, 6.07) is 16.7. The Hall–Kier alpha value is -1.32. The molecule has 0 aliphatic rings. The zero-order valence-corrected chi connectivity index (χ0v) is 13.6. The van der Waals surface area contributed by atoms with E-state index in [0.717, 1.165) is 9.80 Å². The molecule has 0 saturated heterocycles. The average molecular weight is 302 g/mol. The lowest BCUT2D eigenvalue weighted by atomic mass is 9.98. The van der Waals surface area contributed by atoms with Gasteiger partial charge in [-0.15, -0.1) is 11.8 Å². The topological polar surface area (TPSA) is 17.1 Å². The van der Waals surface area contributed by atoms with Gasteiger partial charge >= 0.3 is 0 Å². The summed E-state index contributed by atoms with van der Waals surface area (Å²) < 4.78 is 12.6. The number of thioether (sulfide) groups is 1. The highest BCUT2D eigenvalue weighted by molar-refractivity contribution is 8.16. The summed E-state index contributed by atoms with van der Waals surface area (Å²) in [6.07, 6.45) is 5.71. The lowest BCUT2D eigenvalue weighted by molar-refractivity contribution is 0.691. The summed E-state index contributed by atoms with van der Waals surface area (Å²) in [5, 5.41) is 0. The smallest absolute Gasteiger partial charge is 0.0716 e. The van der Waals surface area contributed by atoms with Crippen LogP contribution in [0.15, 0.2) is 52.8 Å². The van der Waals surface area contributed by atoms with Gasteiger partial charge in [0.25, 0.3) is 0 Å². The van der Waals surface area contributed by atoms with Gasteiger partial charge in [-0.2, -0.15) is 0 Å². The van der Waals surface area contributed by atoms with Crippen LogP contribution in [-0.2, 0) is 10.8 Å². The van der Waals surface area contributed by atoms with Crippen molar-refractivity contribution in [3.05, 3.63) is 63.9 Å². The van der Waals surface area contributed by atoms with Crippen molar-refractivity contribution >= 4 is 28.6 Å². The zero-order chi connectivity index (χ0) is 14.5. The van der Waals surface area contributed by atoms with Gasteiger partial charge in [0, 0.05) is 6.26 Å². The Bertz CT molecular complexity index is 660. The molecule has 0 heterocycles. The van der Waals surface area contributed by atoms with Gasteiger partial charge in [-0.3, -0.25) is 4.21 Å². The molecule has 0 aliphatic heterocycles. The second-order valence-corrected chi connectivity index (χ2v) is 7.03. The first-order chi connectivity index (χ1) is 9.61. The molecule has 0 amide bonds. The molecular weight excluding hydrogens is 284 g/mol. The largest absolute Gasteiger partial charge is 0.254 e. The van der Waals surface area contributed by atoms with E-state index in [4.69, 9.17) is 0 Å². The third-order valence-electron chi connectivity index (χ3n) is 3.05. The normalized spacial score (nSPS) is 13.2. The number of hydrogen-bond acceptors (Lipinski definition) is 2. The van der Waals surface area contributed by atoms with Crippen molar-refractivity contribution in [2.24, 2.45) is 0 Å². The van der Waals surface area contributed by atoms with Crippen molar-refractivity contribution < 1.29 is 4.21 Å². The minimum Gasteiger partial charge on any atom is -0.254 e. The van der Waals surface area contributed by atoms with Crippen LogP contribution in [0.5, 0.6) is 0 Å². The predicted molar refractivity (Wildman–Crippen MR) is 92.2 cm³/mol. The molecule has 0 aliphatic carbocycles. The van der Waals surface area contributed by atoms with Crippen molar-refractivity contribution in [3.8, 4) is 11.1 Å². The van der Waals surface area contributed by atoms with Crippen LogP contribution in [0.3, 0.4) is 0 Å². The van der Waals surface area contributed by atoms with E-state index in [1.165, 1.54) is 16.7 Å². The van der Waals surface area contributed by atoms with Crippen molar-refractivity contribution in [2.75, 3.05) is 12.5 Å². The van der Waals surface area contributed by atoms with E-state index in [0.29, 0.717) is 0 Å². The van der Waals surface area contributed by atoms with Crippen LogP contribution in [-0.4, -0.2) is 16.7 Å². The Morgan fingerprint density at radius 2 is 1.90 bits per heavy atom. The third-order valence-corrected chi connectivity index (χ3v) is 5.46. The van der Waals surface area contributed by atoms with Gasteiger partial charge in [-0.1, -0.05) is 54.1 Å². The number of rotatable bonds is 4. The maximum Gasteiger partial charge on any atom is 0.0716 e. The Labute approximate surface area is 127 Å². The fourth-order valence-electron chi connectivity index (χ4n) is 2.08. The molecular formula is C17H18OS2. The summed E-state index contributed by atoms with van der Waals surface area (Å²) in [5.74, 6) is 0. The summed E-state index contributed by atoms with van der Waals surface area (Å²) in [6.45, 7) is 2.09. The number of hydrogen-bond donors (Lipinski definition) is 0. The quantitative estimate of drug-likeness (QED) is 0.814. The standard InChI is InChI=1S/C17H18OS2/c1-13-7-6-9-14(11-13)16-10-5-4-8-15(16)12-17(19-2)20(3)18/h4-12H,1-3H3/b17-12-. The zero-order valence-electron chi connectivity index (χ0n) is 11.9. The third kappa shape index (κ3) is 3.62. The second-order valence-electron chi connectivity index (χ2n) is 4.58. The lowest BCUT2D eigenvalue weighted by Gasteiger charge is -2.08. The van der Waals surface area contributed by atoms with E-state index in [1.807, 2.05) is 24.5 Å². The molecule has 0 N–H and O–H groups in total. The van der Waals surface area contributed by atoms with Gasteiger partial charge in [-0.25, -0.2) is 0 Å². The minimum atomic E-state index is -0.949. The van der Waals surface area contributed by atoms with Gasteiger partial charge in [-0.05, 0) is 35.9 Å². The molecule has 1 nitrogen and oxygen atoms in total. The Kier molecular flexibility index (Phi) is 5.21. The second kappa shape index (κ2) is 6.91. The highest BCUT2D eigenvalue weighted by Gasteiger charge is 2.06. The predicted octanol–water partition coefficient (Wildman–Crippen LogP) is 4.70. The molecule has 20 heavy (non-hydrogen) atoms. The van der Waals surface area contributed by atoms with Crippen LogP contribution in [0.1, 0.15) is 11.1 Å². The highest BCUT2D eigenvalue weighted by atomic mass is 32.2. The lowest BCUT2D eigenvalue weighted by Crippen LogP contribution is -1.89. The van der Waals surface area contributed by atoms with Crippen LogP contribution in [0, 0.1) is 6.92 Å². The number of aryl methyl sites for hydroxylation is 1. The molecule has 0 saturated carbocycles. The van der Waals surface area contributed by atoms with Crippen molar-refractivity contribution in [3.63, 3.8) is 0 Å². The van der Waals surface area contributed by atoms with E-state index in [1.54, 1.807) is 18.0 Å². The van der Waals surface area contributed by atoms with E-state index < -0.39 is 10.8 Å². The van der Waals surface area contributed by atoms with Gasteiger partial charge in [0.05, 0.1) is 15.0 Å². The van der Waals surface area contributed by atoms with E-state index in [-0.39, 0.29) is 0 Å². The molecule has 0 fully saturated rings. The maximum absolute atomic E-state index is 11.7. The molecule has 0 bridgehead atoms. The molecule has 0 aromatic heterocycles. The van der Waals surface area contributed by atoms with Crippen LogP contribution < -0.4 is 0 Å². The summed E-state index contributed by atoms with van der Waals surface area (Å²) in [5.41, 5.74) is 4.72. The molecule has 104 valence electrons. The van der Waals surface area contributed by atoms with Crippen molar-refractivity contribution in [1.82, 2.24) is 0 Å². The fraction of sp³-hybridized carbons (Fsp3) is 0.176. The summed E-state index contributed by atoms with van der Waals surface area (Å²) in [7, 11) is -0.949. The van der Waals surface area contributed by atoms with Gasteiger partial charge in [0.2, 0.25) is 0 Å². The molecule has 0 radical (unpaired) electrons. The van der Waals surface area contributed by atoms with E-state index >= 15 is 0 Å². The maximum atomic E-state index is 11.7. The molecule has 2 aromatic carbocycles. The molecule has 1 atom stereocenters. The highest BCUT2D eigenvalue weighted by Crippen LogP contribution is 2.28. The molecule has 0 spiro atoms. The first-order valence-corrected chi connectivity index (χ1v) is 9.15. The first kappa shape index (κ1) is 15.1. The van der Waals surface area contributed by atoms with Crippen LogP contribution in [0.2, 0.25) is 0 Å². The molecule has 3 heteroatoms. The summed E-state index contributed by atoms with van der Waals surface area (Å²) in [4.78, 5) is 0. The van der Waals surface area contributed by atoms with Crippen molar-refractivity contribution in [1.29, 1.82) is 0 Å².